The van der Waals surface area contributed by atoms with E-state index >= 15 is 0 Å². The number of hydrogen-bond acceptors (Lipinski definition) is 8. The lowest BCUT2D eigenvalue weighted by Crippen LogP contribution is -2.39. The molecule has 1 aliphatic heterocycles. The van der Waals surface area contributed by atoms with Crippen molar-refractivity contribution in [2.45, 2.75) is 5.92 Å². The Hall–Kier alpha value is -3.43. The van der Waals surface area contributed by atoms with Crippen LogP contribution in [0.2, 0.25) is 0 Å². The largest absolute Gasteiger partial charge is 0.539 e. The van der Waals surface area contributed by atoms with Gasteiger partial charge >= 0.3 is 0 Å². The van der Waals surface area contributed by atoms with Gasteiger partial charge < -0.3 is 21.1 Å². The van der Waals surface area contributed by atoms with E-state index in [9.17, 15) is 15.6 Å². The van der Waals surface area contributed by atoms with Gasteiger partial charge in [0.1, 0.15) is 5.92 Å². The van der Waals surface area contributed by atoms with Crippen LogP contribution in [0.4, 0.5) is 0 Å². The fourth-order valence-corrected chi connectivity index (χ4v) is 3.20. The number of aromatic nitrogens is 2. The van der Waals surface area contributed by atoms with Gasteiger partial charge in [0.2, 0.25) is 5.69 Å². The lowest BCUT2D eigenvalue weighted by Gasteiger charge is -2.20. The van der Waals surface area contributed by atoms with Gasteiger partial charge in [-0.05, 0) is 4.68 Å². The summed E-state index contributed by atoms with van der Waals surface area (Å²) in [7, 11) is 0. The van der Waals surface area contributed by atoms with E-state index in [2.05, 4.69) is 5.27 Å². The van der Waals surface area contributed by atoms with E-state index in [4.69, 9.17) is 16.0 Å². The molecule has 4 N–H and O–H groups in total. The van der Waals surface area contributed by atoms with E-state index in [1.54, 1.807) is 30.3 Å². The van der Waals surface area contributed by atoms with E-state index in [0.29, 0.717) is 5.69 Å². The van der Waals surface area contributed by atoms with E-state index in [-0.39, 0.29) is 26.9 Å². The van der Waals surface area contributed by atoms with Crippen molar-refractivity contribution in [3.8, 4) is 23.8 Å². The Kier molecular flexibility index (Phi) is 3.86. The van der Waals surface area contributed by atoms with Crippen LogP contribution < -0.4 is 21.3 Å². The van der Waals surface area contributed by atoms with Gasteiger partial charge in [-0.15, -0.1) is 0 Å². The lowest BCUT2D eigenvalue weighted by atomic mass is 9.89. The average molecular weight is 338 g/mol. The van der Waals surface area contributed by atoms with Crippen LogP contribution >= 0.6 is 11.8 Å². The summed E-state index contributed by atoms with van der Waals surface area (Å²) in [5.74, 6) is -1.79. The Morgan fingerprint density at radius 2 is 1.71 bits per heavy atom. The lowest BCUT2D eigenvalue weighted by molar-refractivity contribution is -0.678. The zero-order valence-corrected chi connectivity index (χ0v) is 12.9. The highest BCUT2D eigenvalue weighted by Gasteiger charge is 2.40. The highest BCUT2D eigenvalue weighted by molar-refractivity contribution is 8.06. The zero-order chi connectivity index (χ0) is 17.3. The van der Waals surface area contributed by atoms with Gasteiger partial charge in [-0.2, -0.15) is 10.5 Å². The molecule has 1 aromatic heterocycles. The van der Waals surface area contributed by atoms with Gasteiger partial charge in [0.05, 0.1) is 38.6 Å². The van der Waals surface area contributed by atoms with Crippen molar-refractivity contribution in [2.75, 3.05) is 0 Å². The molecule has 0 unspecified atom stereocenters. The third-order valence-corrected chi connectivity index (χ3v) is 4.37. The molecule has 0 atom stereocenters. The number of nitriles is 2. The van der Waals surface area contributed by atoms with Crippen LogP contribution in [-0.2, 0) is 0 Å². The van der Waals surface area contributed by atoms with Crippen LogP contribution in [0.25, 0.3) is 5.69 Å². The molecule has 2 heterocycles. The van der Waals surface area contributed by atoms with Crippen LogP contribution in [0.3, 0.4) is 0 Å². The number of benzene rings is 1. The zero-order valence-electron chi connectivity index (χ0n) is 12.1. The molecule has 2 aromatic rings. The monoisotopic (exact) mass is 338 g/mol. The number of thioether (sulfide) groups is 1. The van der Waals surface area contributed by atoms with Crippen molar-refractivity contribution in [3.63, 3.8) is 0 Å². The Balaban J connectivity index is 2.28. The van der Waals surface area contributed by atoms with Crippen molar-refractivity contribution in [1.82, 2.24) is 5.27 Å². The topological polar surface area (TPSA) is 153 Å². The maximum Gasteiger partial charge on any atom is 0.253 e. The first-order valence-corrected chi connectivity index (χ1v) is 7.51. The van der Waals surface area contributed by atoms with Gasteiger partial charge in [-0.25, -0.2) is 0 Å². The number of para-hydroxylation sites is 1. The minimum Gasteiger partial charge on any atom is -0.539 e. The maximum atomic E-state index is 12.2. The molecule has 24 heavy (non-hydrogen) atoms. The van der Waals surface area contributed by atoms with Crippen molar-refractivity contribution in [3.05, 3.63) is 57.2 Å². The molecular weight excluding hydrogens is 328 g/mol. The Morgan fingerprint density at radius 1 is 1.12 bits per heavy atom. The van der Waals surface area contributed by atoms with Gasteiger partial charge in [-0.3, -0.25) is 0 Å². The molecule has 8 nitrogen and oxygen atoms in total. The summed E-state index contributed by atoms with van der Waals surface area (Å²) in [6, 6.07) is 12.6. The molecule has 0 radical (unpaired) electrons. The van der Waals surface area contributed by atoms with Gasteiger partial charge in [0, 0.05) is 12.1 Å². The van der Waals surface area contributed by atoms with Crippen molar-refractivity contribution in [2.24, 2.45) is 11.5 Å². The summed E-state index contributed by atoms with van der Waals surface area (Å²) < 4.78 is 6.01. The van der Waals surface area contributed by atoms with E-state index in [0.717, 1.165) is 11.8 Å². The molecule has 0 saturated carbocycles. The number of nitrogens with zero attached hydrogens (tertiary/aromatic N) is 4. The molecular formula is C15H10N6O2S. The van der Waals surface area contributed by atoms with Crippen molar-refractivity contribution in [1.29, 1.82) is 10.5 Å². The van der Waals surface area contributed by atoms with Crippen molar-refractivity contribution < 1.29 is 14.3 Å². The third-order valence-electron chi connectivity index (χ3n) is 3.49. The summed E-state index contributed by atoms with van der Waals surface area (Å²) in [5, 5.41) is 35.1. The number of rotatable bonds is 2. The number of allylic oxidation sites excluding steroid dienone is 2. The second-order valence-electron chi connectivity index (χ2n) is 4.81. The third kappa shape index (κ3) is 2.33. The predicted molar refractivity (Wildman–Crippen MR) is 81.5 cm³/mol. The molecule has 1 aliphatic rings. The quantitative estimate of drug-likeness (QED) is 0.738. The summed E-state index contributed by atoms with van der Waals surface area (Å²) in [5.41, 5.74) is 12.4. The van der Waals surface area contributed by atoms with Gasteiger partial charge in [0.25, 0.3) is 5.69 Å². The van der Waals surface area contributed by atoms with Crippen LogP contribution in [-0.4, -0.2) is 5.27 Å². The number of nitrogens with two attached hydrogens (primary N) is 2. The SMILES string of the molecule is N#CC1=C(N)SC(N)=C(C#N)C1c1c([O-])on[n+]1-c1ccccc1. The fourth-order valence-electron chi connectivity index (χ4n) is 2.42. The van der Waals surface area contributed by atoms with Crippen LogP contribution in [0, 0.1) is 22.7 Å². The fraction of sp³-hybridized carbons (Fsp3) is 0.0667. The highest BCUT2D eigenvalue weighted by atomic mass is 32.2. The first-order chi connectivity index (χ1) is 11.6. The van der Waals surface area contributed by atoms with Crippen LogP contribution in [0.5, 0.6) is 5.95 Å². The van der Waals surface area contributed by atoms with Crippen molar-refractivity contribution >= 4 is 11.8 Å². The molecule has 0 fully saturated rings. The molecule has 0 saturated heterocycles. The standard InChI is InChI=1S/C15H10N6O2S/c16-6-9-11(10(7-17)14(19)24-13(9)18)12-15(22)23-20-21(12)8-4-2-1-3-5-8/h1-5,11H,18-19H2. The predicted octanol–water partition coefficient (Wildman–Crippen LogP) is 0.243. The first kappa shape index (κ1) is 15.5. The first-order valence-electron chi connectivity index (χ1n) is 6.70. The smallest absolute Gasteiger partial charge is 0.253 e. The molecule has 0 amide bonds. The highest BCUT2D eigenvalue weighted by Crippen LogP contribution is 2.43. The molecule has 0 spiro atoms. The molecule has 0 bridgehead atoms. The van der Waals surface area contributed by atoms with Crippen LogP contribution in [0.1, 0.15) is 11.6 Å². The Labute approximate surface area is 140 Å². The van der Waals surface area contributed by atoms with E-state index in [1.807, 2.05) is 12.1 Å². The Bertz CT molecular complexity index is 913. The van der Waals surface area contributed by atoms with Crippen LogP contribution in [0.15, 0.2) is 56.1 Å². The summed E-state index contributed by atoms with van der Waals surface area (Å²) in [4.78, 5) is 0. The van der Waals surface area contributed by atoms with Gasteiger partial charge in [0.15, 0.2) is 5.95 Å². The molecule has 1 aromatic carbocycles. The average Bonchev–Trinajstić information content (AvgIpc) is 2.96. The summed E-state index contributed by atoms with van der Waals surface area (Å²) >= 11 is 0.923. The maximum absolute atomic E-state index is 12.2. The normalized spacial score (nSPS) is 15.2. The molecule has 9 heteroatoms. The molecule has 118 valence electrons. The number of hydrogen-bond donors (Lipinski definition) is 2. The summed E-state index contributed by atoms with van der Waals surface area (Å²) in [6.07, 6.45) is 0. The van der Waals surface area contributed by atoms with E-state index in [1.165, 1.54) is 4.68 Å². The Morgan fingerprint density at radius 3 is 2.25 bits per heavy atom. The van der Waals surface area contributed by atoms with E-state index < -0.39 is 11.9 Å². The molecule has 3 rings (SSSR count). The molecule has 0 aliphatic carbocycles. The second-order valence-corrected chi connectivity index (χ2v) is 5.89. The minimum atomic E-state index is -1.03. The summed E-state index contributed by atoms with van der Waals surface area (Å²) in [6.45, 7) is 0. The second kappa shape index (κ2) is 5.99. The van der Waals surface area contributed by atoms with Gasteiger partial charge in [-0.1, -0.05) is 30.0 Å². The minimum absolute atomic E-state index is 0.000463.